The number of piperazine rings is 1. The first-order valence-corrected chi connectivity index (χ1v) is 10.8. The SMILES string of the molecule is CCC(CC)C(C(=O)N1CCCC(N2CCNCC2=O)C1)N1CCOCC1.Cl.Cl. The van der Waals surface area contributed by atoms with E-state index in [-0.39, 0.29) is 48.7 Å². The maximum absolute atomic E-state index is 13.6. The summed E-state index contributed by atoms with van der Waals surface area (Å²) in [5, 5.41) is 3.14. The van der Waals surface area contributed by atoms with Crippen LogP contribution in [0.5, 0.6) is 0 Å². The predicted molar refractivity (Wildman–Crippen MR) is 119 cm³/mol. The minimum absolute atomic E-state index is 0. The number of carbonyl (C=O) groups is 2. The first kappa shape index (κ1) is 26.4. The number of hydrogen-bond donors (Lipinski definition) is 1. The smallest absolute Gasteiger partial charge is 0.240 e. The molecule has 3 saturated heterocycles. The molecule has 3 rings (SSSR count). The summed E-state index contributed by atoms with van der Waals surface area (Å²) in [7, 11) is 0. The van der Waals surface area contributed by atoms with Crippen molar-refractivity contribution in [2.24, 2.45) is 5.92 Å². The van der Waals surface area contributed by atoms with Crippen molar-refractivity contribution < 1.29 is 14.3 Å². The highest BCUT2D eigenvalue weighted by Gasteiger charge is 2.38. The molecule has 0 aliphatic carbocycles. The highest BCUT2D eigenvalue weighted by Crippen LogP contribution is 2.25. The highest BCUT2D eigenvalue weighted by atomic mass is 35.5. The molecule has 9 heteroatoms. The molecule has 2 unspecified atom stereocenters. The Bertz CT molecular complexity index is 516. The van der Waals surface area contributed by atoms with E-state index >= 15 is 0 Å². The molecule has 0 radical (unpaired) electrons. The Kier molecular flexibility index (Phi) is 11.8. The number of carbonyl (C=O) groups excluding carboxylic acids is 2. The van der Waals surface area contributed by atoms with Crippen molar-refractivity contribution in [3.05, 3.63) is 0 Å². The number of nitrogens with one attached hydrogen (secondary N) is 1. The number of halogens is 2. The van der Waals surface area contributed by atoms with Gasteiger partial charge in [0.1, 0.15) is 0 Å². The summed E-state index contributed by atoms with van der Waals surface area (Å²) in [5.41, 5.74) is 0. The lowest BCUT2D eigenvalue weighted by Gasteiger charge is -2.44. The first-order valence-electron chi connectivity index (χ1n) is 10.8. The standard InChI is InChI=1S/C20H36N4O3.2ClH/c1-3-16(4-2)19(22-10-12-27-13-11-22)20(26)23-8-5-6-17(15-23)24-9-7-21-14-18(24)25;;/h16-17,19,21H,3-15H2,1-2H3;2*1H. The van der Waals surface area contributed by atoms with Gasteiger partial charge in [-0.3, -0.25) is 14.5 Å². The molecule has 3 aliphatic heterocycles. The Hall–Kier alpha value is -0.600. The molecule has 0 saturated carbocycles. The summed E-state index contributed by atoms with van der Waals surface area (Å²) >= 11 is 0. The summed E-state index contributed by atoms with van der Waals surface area (Å²) < 4.78 is 5.51. The minimum Gasteiger partial charge on any atom is -0.379 e. The van der Waals surface area contributed by atoms with Crippen LogP contribution in [0.15, 0.2) is 0 Å². The van der Waals surface area contributed by atoms with Crippen LogP contribution in [-0.2, 0) is 14.3 Å². The Morgan fingerprint density at radius 1 is 1.14 bits per heavy atom. The van der Waals surface area contributed by atoms with Gasteiger partial charge in [-0.2, -0.15) is 0 Å². The van der Waals surface area contributed by atoms with Gasteiger partial charge in [0.2, 0.25) is 11.8 Å². The normalized spacial score (nSPS) is 24.7. The molecule has 0 bridgehead atoms. The Morgan fingerprint density at radius 3 is 2.45 bits per heavy atom. The van der Waals surface area contributed by atoms with E-state index in [1.807, 2.05) is 9.80 Å². The minimum atomic E-state index is -0.0543. The first-order chi connectivity index (χ1) is 13.2. The third-order valence-electron chi connectivity index (χ3n) is 6.46. The van der Waals surface area contributed by atoms with Crippen LogP contribution >= 0.6 is 24.8 Å². The van der Waals surface area contributed by atoms with Crippen LogP contribution in [-0.4, -0.2) is 97.6 Å². The van der Waals surface area contributed by atoms with E-state index in [1.54, 1.807) is 0 Å². The van der Waals surface area contributed by atoms with E-state index in [4.69, 9.17) is 4.74 Å². The third kappa shape index (κ3) is 6.44. The summed E-state index contributed by atoms with van der Waals surface area (Å²) in [6.45, 7) is 11.0. The Morgan fingerprint density at radius 2 is 1.83 bits per heavy atom. The average Bonchev–Trinajstić information content (AvgIpc) is 2.72. The molecule has 0 spiro atoms. The summed E-state index contributed by atoms with van der Waals surface area (Å²) in [4.78, 5) is 32.3. The fourth-order valence-corrected chi connectivity index (χ4v) is 4.85. The number of hydrogen-bond acceptors (Lipinski definition) is 5. The zero-order valence-corrected chi connectivity index (χ0v) is 19.4. The number of amides is 2. The highest BCUT2D eigenvalue weighted by molar-refractivity contribution is 5.85. The van der Waals surface area contributed by atoms with Gasteiger partial charge in [0.25, 0.3) is 0 Å². The maximum atomic E-state index is 13.6. The van der Waals surface area contributed by atoms with E-state index in [0.29, 0.717) is 32.2 Å². The monoisotopic (exact) mass is 452 g/mol. The van der Waals surface area contributed by atoms with Gasteiger partial charge in [-0.05, 0) is 18.8 Å². The molecule has 29 heavy (non-hydrogen) atoms. The van der Waals surface area contributed by atoms with Gasteiger partial charge in [-0.15, -0.1) is 24.8 Å². The Labute approximate surface area is 187 Å². The molecule has 2 amide bonds. The van der Waals surface area contributed by atoms with Gasteiger partial charge in [0.15, 0.2) is 0 Å². The molecule has 0 aromatic rings. The molecule has 3 fully saturated rings. The lowest BCUT2D eigenvalue weighted by Crippen LogP contribution is -2.61. The van der Waals surface area contributed by atoms with Crippen LogP contribution in [0, 0.1) is 5.92 Å². The van der Waals surface area contributed by atoms with Crippen LogP contribution in [0.4, 0.5) is 0 Å². The summed E-state index contributed by atoms with van der Waals surface area (Å²) in [6.07, 6.45) is 4.00. The molecule has 3 aliphatic rings. The van der Waals surface area contributed by atoms with Crippen molar-refractivity contribution in [3.63, 3.8) is 0 Å². The molecule has 3 heterocycles. The van der Waals surface area contributed by atoms with Crippen LogP contribution in [0.1, 0.15) is 39.5 Å². The van der Waals surface area contributed by atoms with E-state index in [0.717, 1.165) is 58.4 Å². The number of ether oxygens (including phenoxy) is 1. The third-order valence-corrected chi connectivity index (χ3v) is 6.46. The van der Waals surface area contributed by atoms with Crippen LogP contribution < -0.4 is 5.32 Å². The van der Waals surface area contributed by atoms with E-state index in [9.17, 15) is 9.59 Å². The van der Waals surface area contributed by atoms with Crippen molar-refractivity contribution in [3.8, 4) is 0 Å². The van der Waals surface area contributed by atoms with Gasteiger partial charge >= 0.3 is 0 Å². The Balaban J connectivity index is 0.00000210. The zero-order chi connectivity index (χ0) is 19.2. The second kappa shape index (κ2) is 13.0. The van der Waals surface area contributed by atoms with Gasteiger partial charge in [0, 0.05) is 45.3 Å². The zero-order valence-electron chi connectivity index (χ0n) is 17.8. The largest absolute Gasteiger partial charge is 0.379 e. The molecule has 0 aromatic carbocycles. The lowest BCUT2D eigenvalue weighted by molar-refractivity contribution is -0.146. The van der Waals surface area contributed by atoms with Crippen LogP contribution in [0.2, 0.25) is 0 Å². The number of likely N-dealkylation sites (tertiary alicyclic amines) is 1. The number of piperidine rings is 1. The average molecular weight is 453 g/mol. The van der Waals surface area contributed by atoms with E-state index < -0.39 is 0 Å². The molecule has 170 valence electrons. The number of nitrogens with zero attached hydrogens (tertiary/aromatic N) is 3. The van der Waals surface area contributed by atoms with E-state index in [2.05, 4.69) is 24.1 Å². The number of morpholine rings is 1. The summed E-state index contributed by atoms with van der Waals surface area (Å²) in [5.74, 6) is 0.806. The van der Waals surface area contributed by atoms with Crippen LogP contribution in [0.25, 0.3) is 0 Å². The molecule has 7 nitrogen and oxygen atoms in total. The summed E-state index contributed by atoms with van der Waals surface area (Å²) in [6, 6.07) is 0.116. The maximum Gasteiger partial charge on any atom is 0.240 e. The quantitative estimate of drug-likeness (QED) is 0.659. The molecule has 1 N–H and O–H groups in total. The van der Waals surface area contributed by atoms with Crippen molar-refractivity contribution in [1.82, 2.24) is 20.0 Å². The predicted octanol–water partition coefficient (Wildman–Crippen LogP) is 1.39. The topological polar surface area (TPSA) is 65.1 Å². The fourth-order valence-electron chi connectivity index (χ4n) is 4.85. The molecular formula is C20H38Cl2N4O3. The molecule has 0 aromatic heterocycles. The molecule has 2 atom stereocenters. The van der Waals surface area contributed by atoms with Gasteiger partial charge in [-0.25, -0.2) is 0 Å². The van der Waals surface area contributed by atoms with Crippen molar-refractivity contribution >= 4 is 36.6 Å². The van der Waals surface area contributed by atoms with Gasteiger partial charge in [-0.1, -0.05) is 26.7 Å². The van der Waals surface area contributed by atoms with Gasteiger partial charge in [0.05, 0.1) is 25.8 Å². The van der Waals surface area contributed by atoms with Crippen LogP contribution in [0.3, 0.4) is 0 Å². The lowest BCUT2D eigenvalue weighted by atomic mass is 9.90. The second-order valence-electron chi connectivity index (χ2n) is 8.01. The van der Waals surface area contributed by atoms with Crippen molar-refractivity contribution in [2.75, 3.05) is 59.0 Å². The van der Waals surface area contributed by atoms with Crippen molar-refractivity contribution in [1.29, 1.82) is 0 Å². The van der Waals surface area contributed by atoms with Gasteiger partial charge < -0.3 is 19.9 Å². The second-order valence-corrected chi connectivity index (χ2v) is 8.01. The van der Waals surface area contributed by atoms with Crippen molar-refractivity contribution in [2.45, 2.75) is 51.6 Å². The molecular weight excluding hydrogens is 415 g/mol. The fraction of sp³-hybridized carbons (Fsp3) is 0.900. The van der Waals surface area contributed by atoms with E-state index in [1.165, 1.54) is 0 Å². The number of rotatable bonds is 6.